The molecule has 0 aliphatic rings. The largest absolute Gasteiger partial charge is 0.355 e. The maximum atomic E-state index is 14.9. The number of nitrogens with one attached hydrogen (secondary N) is 1. The van der Waals surface area contributed by atoms with E-state index in [9.17, 15) is 22.4 Å². The number of amides is 2. The normalized spacial score (nSPS) is 12.2. The third-order valence-corrected chi connectivity index (χ3v) is 8.67. The Morgan fingerprint density at radius 3 is 2.10 bits per heavy atom. The quantitative estimate of drug-likeness (QED) is 0.327. The smallest absolute Gasteiger partial charge is 0.304 e. The van der Waals surface area contributed by atoms with Crippen LogP contribution in [0.5, 0.6) is 0 Å². The molecule has 0 radical (unpaired) electrons. The van der Waals surface area contributed by atoms with E-state index in [4.69, 9.17) is 23.2 Å². The third-order valence-electron chi connectivity index (χ3n) is 6.15. The zero-order valence-corrected chi connectivity index (χ0v) is 24.7. The summed E-state index contributed by atoms with van der Waals surface area (Å²) in [5, 5.41) is 3.30. The first-order valence-electron chi connectivity index (χ1n) is 12.5. The fraction of sp³-hybridized carbons (Fsp3) is 0.286. The molecule has 3 aromatic rings. The summed E-state index contributed by atoms with van der Waals surface area (Å²) in [6.45, 7) is 1.07. The van der Waals surface area contributed by atoms with E-state index in [2.05, 4.69) is 5.32 Å². The standard InChI is InChI=1S/C28H31Cl2FN4O4S/c1-4-32-28(37)26(17-20-11-6-5-7-12-20)34(18-21-22(29)13-10-14-23(21)30)27(36)19-35(40(38,39)33(2)3)25-16-9-8-15-24(25)31/h5-16,26H,4,17-19H2,1-3H3,(H,32,37)/t26-/m0/s1. The Hall–Kier alpha value is -3.18. The summed E-state index contributed by atoms with van der Waals surface area (Å²) in [7, 11) is -1.76. The van der Waals surface area contributed by atoms with Crippen molar-refractivity contribution in [3.8, 4) is 0 Å². The lowest BCUT2D eigenvalue weighted by Crippen LogP contribution is -2.54. The second-order valence-electron chi connectivity index (χ2n) is 9.07. The van der Waals surface area contributed by atoms with Crippen molar-refractivity contribution in [1.29, 1.82) is 0 Å². The van der Waals surface area contributed by atoms with Gasteiger partial charge in [-0.3, -0.25) is 9.59 Å². The number of rotatable bonds is 12. The van der Waals surface area contributed by atoms with Gasteiger partial charge in [-0.2, -0.15) is 12.7 Å². The number of anilines is 1. The molecule has 2 amide bonds. The summed E-state index contributed by atoms with van der Waals surface area (Å²) in [6.07, 6.45) is 0.126. The molecule has 12 heteroatoms. The summed E-state index contributed by atoms with van der Waals surface area (Å²) in [5.74, 6) is -2.03. The predicted molar refractivity (Wildman–Crippen MR) is 156 cm³/mol. The zero-order chi connectivity index (χ0) is 29.4. The Morgan fingerprint density at radius 2 is 1.52 bits per heavy atom. The van der Waals surface area contributed by atoms with Crippen LogP contribution in [0, 0.1) is 5.82 Å². The van der Waals surface area contributed by atoms with Crippen molar-refractivity contribution >= 4 is 50.9 Å². The van der Waals surface area contributed by atoms with Crippen LogP contribution in [0.25, 0.3) is 0 Å². The topological polar surface area (TPSA) is 90.0 Å². The van der Waals surface area contributed by atoms with Crippen LogP contribution >= 0.6 is 23.2 Å². The number of para-hydroxylation sites is 1. The van der Waals surface area contributed by atoms with Crippen LogP contribution in [0.4, 0.5) is 10.1 Å². The number of carbonyl (C=O) groups is 2. The van der Waals surface area contributed by atoms with Gasteiger partial charge < -0.3 is 10.2 Å². The molecule has 1 N–H and O–H groups in total. The highest BCUT2D eigenvalue weighted by Crippen LogP contribution is 2.28. The van der Waals surface area contributed by atoms with Crippen molar-refractivity contribution < 1.29 is 22.4 Å². The van der Waals surface area contributed by atoms with Gasteiger partial charge in [-0.25, -0.2) is 8.70 Å². The number of carbonyl (C=O) groups excluding carboxylic acids is 2. The van der Waals surface area contributed by atoms with Gasteiger partial charge >= 0.3 is 10.2 Å². The highest BCUT2D eigenvalue weighted by atomic mass is 35.5. The molecule has 8 nitrogen and oxygen atoms in total. The van der Waals surface area contributed by atoms with Gasteiger partial charge in [0, 0.05) is 49.2 Å². The van der Waals surface area contributed by atoms with E-state index in [1.165, 1.54) is 37.2 Å². The number of benzene rings is 3. The molecular weight excluding hydrogens is 578 g/mol. The molecule has 1 atom stereocenters. The van der Waals surface area contributed by atoms with E-state index in [-0.39, 0.29) is 28.7 Å². The van der Waals surface area contributed by atoms with Crippen LogP contribution in [0.15, 0.2) is 72.8 Å². The van der Waals surface area contributed by atoms with Gasteiger partial charge in [0.15, 0.2) is 0 Å². The maximum Gasteiger partial charge on any atom is 0.304 e. The first-order chi connectivity index (χ1) is 19.0. The summed E-state index contributed by atoms with van der Waals surface area (Å²) in [6, 6.07) is 18.1. The first-order valence-corrected chi connectivity index (χ1v) is 14.6. The molecule has 0 bridgehead atoms. The van der Waals surface area contributed by atoms with Crippen LogP contribution in [0.1, 0.15) is 18.1 Å². The lowest BCUT2D eigenvalue weighted by atomic mass is 10.0. The Labute approximate surface area is 244 Å². The van der Waals surface area contributed by atoms with Gasteiger partial charge in [-0.1, -0.05) is 71.7 Å². The van der Waals surface area contributed by atoms with Crippen molar-refractivity contribution in [2.24, 2.45) is 0 Å². The molecule has 0 heterocycles. The van der Waals surface area contributed by atoms with Crippen LogP contribution in [0.3, 0.4) is 0 Å². The van der Waals surface area contributed by atoms with Crippen LogP contribution in [-0.4, -0.2) is 62.7 Å². The van der Waals surface area contributed by atoms with Crippen LogP contribution < -0.4 is 9.62 Å². The Balaban J connectivity index is 2.14. The zero-order valence-electron chi connectivity index (χ0n) is 22.4. The lowest BCUT2D eigenvalue weighted by Gasteiger charge is -2.34. The summed E-state index contributed by atoms with van der Waals surface area (Å²) < 4.78 is 43.0. The fourth-order valence-electron chi connectivity index (χ4n) is 4.06. The SMILES string of the molecule is CCNC(=O)[C@H](Cc1ccccc1)N(Cc1c(Cl)cccc1Cl)C(=O)CN(c1ccccc1F)S(=O)(=O)N(C)C. The lowest BCUT2D eigenvalue weighted by molar-refractivity contribution is -0.140. The Morgan fingerprint density at radius 1 is 0.925 bits per heavy atom. The number of halogens is 3. The van der Waals surface area contributed by atoms with Gasteiger partial charge in [0.1, 0.15) is 18.4 Å². The Kier molecular flexibility index (Phi) is 10.9. The maximum absolute atomic E-state index is 14.9. The fourth-order valence-corrected chi connectivity index (χ4v) is 5.64. The highest BCUT2D eigenvalue weighted by molar-refractivity contribution is 7.90. The number of nitrogens with zero attached hydrogens (tertiary/aromatic N) is 3. The average molecular weight is 610 g/mol. The molecule has 40 heavy (non-hydrogen) atoms. The minimum atomic E-state index is -4.32. The molecule has 0 aliphatic carbocycles. The van der Waals surface area contributed by atoms with E-state index in [0.717, 1.165) is 15.9 Å². The Bertz CT molecular complexity index is 1420. The van der Waals surface area contributed by atoms with Crippen LogP contribution in [-0.2, 0) is 32.8 Å². The molecule has 0 aliphatic heterocycles. The van der Waals surface area contributed by atoms with Gasteiger partial charge in [0.05, 0.1) is 5.69 Å². The summed E-state index contributed by atoms with van der Waals surface area (Å²) >= 11 is 12.9. The number of likely N-dealkylation sites (N-methyl/N-ethyl adjacent to an activating group) is 1. The van der Waals surface area contributed by atoms with Crippen molar-refractivity contribution in [2.45, 2.75) is 25.9 Å². The van der Waals surface area contributed by atoms with E-state index < -0.39 is 40.4 Å². The second-order valence-corrected chi connectivity index (χ2v) is 12.0. The van der Waals surface area contributed by atoms with E-state index in [1.54, 1.807) is 25.1 Å². The molecule has 3 aromatic carbocycles. The molecule has 214 valence electrons. The minimum Gasteiger partial charge on any atom is -0.355 e. The van der Waals surface area contributed by atoms with Crippen molar-refractivity contribution in [3.05, 3.63) is 99.8 Å². The van der Waals surface area contributed by atoms with E-state index >= 15 is 0 Å². The summed E-state index contributed by atoms with van der Waals surface area (Å²) in [4.78, 5) is 28.7. The number of hydrogen-bond acceptors (Lipinski definition) is 4. The molecule has 0 saturated carbocycles. The molecule has 0 saturated heterocycles. The molecule has 0 spiro atoms. The predicted octanol–water partition coefficient (Wildman–Crippen LogP) is 4.52. The summed E-state index contributed by atoms with van der Waals surface area (Å²) in [5.41, 5.74) is 0.848. The average Bonchev–Trinajstić information content (AvgIpc) is 2.91. The first kappa shape index (κ1) is 31.3. The third kappa shape index (κ3) is 7.51. The molecule has 0 fully saturated rings. The minimum absolute atomic E-state index is 0.126. The molecule has 3 rings (SSSR count). The van der Waals surface area contributed by atoms with Crippen molar-refractivity contribution in [3.63, 3.8) is 0 Å². The van der Waals surface area contributed by atoms with E-state index in [1.807, 2.05) is 30.3 Å². The van der Waals surface area contributed by atoms with Crippen molar-refractivity contribution in [1.82, 2.24) is 14.5 Å². The van der Waals surface area contributed by atoms with Gasteiger partial charge in [0.2, 0.25) is 11.8 Å². The molecular formula is C28H31Cl2FN4O4S. The number of hydrogen-bond donors (Lipinski definition) is 1. The van der Waals surface area contributed by atoms with Crippen molar-refractivity contribution in [2.75, 3.05) is 31.5 Å². The molecule has 0 aromatic heterocycles. The van der Waals surface area contributed by atoms with E-state index in [0.29, 0.717) is 16.4 Å². The van der Waals surface area contributed by atoms with Gasteiger partial charge in [-0.05, 0) is 36.8 Å². The van der Waals surface area contributed by atoms with Gasteiger partial charge in [0.25, 0.3) is 0 Å². The second kappa shape index (κ2) is 13.9. The monoisotopic (exact) mass is 608 g/mol. The van der Waals surface area contributed by atoms with Gasteiger partial charge in [-0.15, -0.1) is 0 Å². The van der Waals surface area contributed by atoms with Crippen LogP contribution in [0.2, 0.25) is 10.0 Å². The highest BCUT2D eigenvalue weighted by Gasteiger charge is 2.35. The molecule has 0 unspecified atom stereocenters.